The van der Waals surface area contributed by atoms with E-state index < -0.39 is 42.7 Å². The number of ketones is 2. The van der Waals surface area contributed by atoms with Crippen molar-refractivity contribution >= 4 is 19.4 Å². The maximum Gasteiger partial charge on any atom is 0.470 e. The SMILES string of the molecule is C[C@]12C=CC(=O)C=C1CC[C@@H]1[C@@H]2[C@@H](O)C[C@@]2(C)[C@H]1CC[C@]2(O)C(=O)COP(=O)(O)O. The molecule has 0 unspecified atom stereocenters. The van der Waals surface area contributed by atoms with Gasteiger partial charge in [-0.3, -0.25) is 14.1 Å². The molecule has 4 aliphatic carbocycles. The van der Waals surface area contributed by atoms with Crippen molar-refractivity contribution in [3.63, 3.8) is 0 Å². The van der Waals surface area contributed by atoms with Crippen molar-refractivity contribution in [3.05, 3.63) is 23.8 Å². The largest absolute Gasteiger partial charge is 0.470 e. The van der Waals surface area contributed by atoms with Crippen molar-refractivity contribution < 1.29 is 38.7 Å². The quantitative estimate of drug-likeness (QED) is 0.484. The lowest BCUT2D eigenvalue weighted by Gasteiger charge is -2.59. The molecule has 4 rings (SSSR count). The lowest BCUT2D eigenvalue weighted by atomic mass is 9.46. The first kappa shape index (κ1) is 22.1. The van der Waals surface area contributed by atoms with Crippen LogP contribution in [-0.4, -0.2) is 49.9 Å². The zero-order valence-corrected chi connectivity index (χ0v) is 18.0. The van der Waals surface area contributed by atoms with E-state index in [1.165, 1.54) is 0 Å². The molecule has 0 amide bonds. The highest BCUT2D eigenvalue weighted by molar-refractivity contribution is 7.46. The monoisotopic (exact) mass is 440 g/mol. The molecule has 0 aromatic rings. The van der Waals surface area contributed by atoms with Crippen LogP contribution < -0.4 is 0 Å². The Morgan fingerprint density at radius 2 is 2.00 bits per heavy atom. The van der Waals surface area contributed by atoms with E-state index in [9.17, 15) is 24.4 Å². The zero-order valence-electron chi connectivity index (χ0n) is 17.2. The Labute approximate surface area is 175 Å². The number of carbonyl (C=O) groups is 2. The first-order valence-corrected chi connectivity index (χ1v) is 11.9. The molecule has 3 saturated carbocycles. The molecule has 0 aromatic heterocycles. The van der Waals surface area contributed by atoms with Crippen molar-refractivity contribution in [2.24, 2.45) is 28.6 Å². The van der Waals surface area contributed by atoms with Crippen LogP contribution in [0.2, 0.25) is 0 Å². The summed E-state index contributed by atoms with van der Waals surface area (Å²) in [5.74, 6) is -0.888. The number of aliphatic hydroxyl groups excluding tert-OH is 1. The Morgan fingerprint density at radius 3 is 2.67 bits per heavy atom. The maximum atomic E-state index is 12.8. The van der Waals surface area contributed by atoms with E-state index in [4.69, 9.17) is 9.79 Å². The van der Waals surface area contributed by atoms with Crippen LogP contribution in [0.1, 0.15) is 46.0 Å². The minimum absolute atomic E-state index is 0.0284. The number of rotatable bonds is 4. The molecular formula is C21H29O8P. The van der Waals surface area contributed by atoms with Gasteiger partial charge in [-0.05, 0) is 56.1 Å². The van der Waals surface area contributed by atoms with Gasteiger partial charge >= 0.3 is 7.82 Å². The third-order valence-corrected chi connectivity index (χ3v) is 8.94. The topological polar surface area (TPSA) is 141 Å². The molecule has 166 valence electrons. The highest BCUT2D eigenvalue weighted by Gasteiger charge is 2.68. The summed E-state index contributed by atoms with van der Waals surface area (Å²) in [5, 5.41) is 22.6. The van der Waals surface area contributed by atoms with Gasteiger partial charge in [0, 0.05) is 16.7 Å². The number of allylic oxidation sites excluding steroid dienone is 4. The molecule has 0 saturated heterocycles. The van der Waals surface area contributed by atoms with Gasteiger partial charge in [0.05, 0.1) is 6.10 Å². The summed E-state index contributed by atoms with van der Waals surface area (Å²) < 4.78 is 15.4. The van der Waals surface area contributed by atoms with Crippen LogP contribution in [0.3, 0.4) is 0 Å². The Kier molecular flexibility index (Phi) is 5.09. The summed E-state index contributed by atoms with van der Waals surface area (Å²) >= 11 is 0. The highest BCUT2D eigenvalue weighted by atomic mass is 31.2. The van der Waals surface area contributed by atoms with Crippen molar-refractivity contribution in [2.45, 2.75) is 57.7 Å². The van der Waals surface area contributed by atoms with Crippen LogP contribution in [-0.2, 0) is 18.7 Å². The zero-order chi connectivity index (χ0) is 22.1. The predicted octanol–water partition coefficient (Wildman–Crippen LogP) is 1.67. The minimum atomic E-state index is -4.84. The molecule has 0 aromatic carbocycles. The Morgan fingerprint density at radius 1 is 1.30 bits per heavy atom. The molecule has 0 aliphatic heterocycles. The molecule has 4 N–H and O–H groups in total. The highest BCUT2D eigenvalue weighted by Crippen LogP contribution is 2.67. The van der Waals surface area contributed by atoms with Gasteiger partial charge in [-0.15, -0.1) is 0 Å². The Bertz CT molecular complexity index is 889. The van der Waals surface area contributed by atoms with Crippen LogP contribution in [0, 0.1) is 28.6 Å². The van der Waals surface area contributed by atoms with E-state index >= 15 is 0 Å². The van der Waals surface area contributed by atoms with Crippen molar-refractivity contribution in [1.29, 1.82) is 0 Å². The fraction of sp³-hybridized carbons (Fsp3) is 0.714. The number of fused-ring (bicyclic) bond motifs is 5. The van der Waals surface area contributed by atoms with Crippen LogP contribution in [0.25, 0.3) is 0 Å². The van der Waals surface area contributed by atoms with Gasteiger partial charge in [0.2, 0.25) is 0 Å². The first-order chi connectivity index (χ1) is 13.8. The van der Waals surface area contributed by atoms with E-state index in [-0.39, 0.29) is 36.4 Å². The third-order valence-electron chi connectivity index (χ3n) is 8.47. The van der Waals surface area contributed by atoms with Crippen molar-refractivity contribution in [3.8, 4) is 0 Å². The van der Waals surface area contributed by atoms with E-state index in [2.05, 4.69) is 4.52 Å². The summed E-state index contributed by atoms with van der Waals surface area (Å²) in [5.41, 5.74) is -2.15. The average molecular weight is 440 g/mol. The van der Waals surface area contributed by atoms with E-state index in [1.807, 2.05) is 13.0 Å². The van der Waals surface area contributed by atoms with Gasteiger partial charge in [-0.1, -0.05) is 25.5 Å². The number of phosphoric ester groups is 1. The number of hydrogen-bond donors (Lipinski definition) is 4. The van der Waals surface area contributed by atoms with E-state index in [0.29, 0.717) is 6.42 Å². The molecule has 0 bridgehead atoms. The average Bonchev–Trinajstić information content (AvgIpc) is 2.91. The molecule has 0 spiro atoms. The number of carbonyl (C=O) groups excluding carboxylic acids is 2. The maximum absolute atomic E-state index is 12.8. The summed E-state index contributed by atoms with van der Waals surface area (Å²) in [7, 11) is -4.84. The van der Waals surface area contributed by atoms with Crippen LogP contribution in [0.15, 0.2) is 23.8 Å². The lowest BCUT2D eigenvalue weighted by molar-refractivity contribution is -0.178. The summed E-state index contributed by atoms with van der Waals surface area (Å²) in [6.45, 7) is 2.97. The molecule has 3 fully saturated rings. The Balaban J connectivity index is 1.65. The number of Topliss-reactive ketones (excluding diaryl/α,β-unsaturated/α-hetero) is 1. The molecular weight excluding hydrogens is 411 g/mol. The predicted molar refractivity (Wildman–Crippen MR) is 106 cm³/mol. The van der Waals surface area contributed by atoms with Gasteiger partial charge in [-0.2, -0.15) is 0 Å². The molecule has 7 atom stereocenters. The second kappa shape index (κ2) is 6.92. The van der Waals surface area contributed by atoms with E-state index in [1.54, 1.807) is 19.1 Å². The lowest BCUT2D eigenvalue weighted by Crippen LogP contribution is -2.61. The molecule has 9 heteroatoms. The standard InChI is InChI=1S/C21H29O8P/c1-19-7-5-13(22)9-12(19)3-4-14-15-6-8-21(25,17(24)11-29-30(26,27)28)20(15,2)10-16(23)18(14)19/h5,7,9,14-16,18,23,25H,3-4,6,8,10-11H2,1-2H3,(H2,26,27,28)/t14-,15-,16-,18+,19-,20-,21-/m0/s1. The summed E-state index contributed by atoms with van der Waals surface area (Å²) in [6, 6.07) is 0. The third kappa shape index (κ3) is 3.12. The van der Waals surface area contributed by atoms with Crippen LogP contribution >= 0.6 is 7.82 Å². The number of aliphatic hydroxyl groups is 2. The van der Waals surface area contributed by atoms with Gasteiger partial charge in [0.15, 0.2) is 11.6 Å². The molecule has 8 nitrogen and oxygen atoms in total. The number of hydrogen-bond acceptors (Lipinski definition) is 6. The van der Waals surface area contributed by atoms with Gasteiger partial charge in [-0.25, -0.2) is 4.57 Å². The summed E-state index contributed by atoms with van der Waals surface area (Å²) in [4.78, 5) is 42.5. The minimum Gasteiger partial charge on any atom is -0.393 e. The van der Waals surface area contributed by atoms with Crippen molar-refractivity contribution in [2.75, 3.05) is 6.61 Å². The molecule has 30 heavy (non-hydrogen) atoms. The molecule has 4 aliphatic rings. The molecule has 0 radical (unpaired) electrons. The summed E-state index contributed by atoms with van der Waals surface area (Å²) in [6.07, 6.45) is 6.76. The van der Waals surface area contributed by atoms with E-state index in [0.717, 1.165) is 18.4 Å². The second-order valence-corrected chi connectivity index (χ2v) is 11.0. The number of phosphoric acid groups is 1. The van der Waals surface area contributed by atoms with Gasteiger partial charge < -0.3 is 20.0 Å². The fourth-order valence-electron chi connectivity index (χ4n) is 7.05. The van der Waals surface area contributed by atoms with Gasteiger partial charge in [0.1, 0.15) is 12.2 Å². The first-order valence-electron chi connectivity index (χ1n) is 10.4. The van der Waals surface area contributed by atoms with Crippen LogP contribution in [0.4, 0.5) is 0 Å². The van der Waals surface area contributed by atoms with Crippen LogP contribution in [0.5, 0.6) is 0 Å². The van der Waals surface area contributed by atoms with Crippen molar-refractivity contribution in [1.82, 2.24) is 0 Å². The van der Waals surface area contributed by atoms with Gasteiger partial charge in [0.25, 0.3) is 0 Å². The fourth-order valence-corrected chi connectivity index (χ4v) is 7.34. The smallest absolute Gasteiger partial charge is 0.393 e. The molecule has 0 heterocycles. The second-order valence-electron chi connectivity index (χ2n) is 9.80. The normalized spacial score (nSPS) is 45.4. The Hall–Kier alpha value is -1.15.